The minimum atomic E-state index is -0.767. The van der Waals surface area contributed by atoms with Crippen LogP contribution < -0.4 is 11.1 Å². The second kappa shape index (κ2) is 4.27. The molecule has 1 aromatic rings. The van der Waals surface area contributed by atoms with Crippen LogP contribution in [0.1, 0.15) is 12.0 Å². The van der Waals surface area contributed by atoms with E-state index >= 15 is 0 Å². The van der Waals surface area contributed by atoms with Gasteiger partial charge in [0.15, 0.2) is 0 Å². The highest BCUT2D eigenvalue weighted by Crippen LogP contribution is 2.19. The zero-order chi connectivity index (χ0) is 11.6. The highest BCUT2D eigenvalue weighted by atomic mass is 16.5. The van der Waals surface area contributed by atoms with Crippen LogP contribution in [0.4, 0.5) is 11.5 Å². The highest BCUT2D eigenvalue weighted by Gasteiger charge is 2.31. The predicted octanol–water partition coefficient (Wildman–Crippen LogP) is 0.536. The molecule has 0 amide bonds. The van der Waals surface area contributed by atoms with E-state index in [4.69, 9.17) is 10.5 Å². The van der Waals surface area contributed by atoms with Gasteiger partial charge in [0.1, 0.15) is 11.4 Å². The van der Waals surface area contributed by atoms with Crippen molar-refractivity contribution in [3.8, 4) is 0 Å². The van der Waals surface area contributed by atoms with Crippen molar-refractivity contribution in [2.45, 2.75) is 18.9 Å². The number of nitrogens with zero attached hydrogens (tertiary/aromatic N) is 1. The van der Waals surface area contributed by atoms with Crippen LogP contribution in [0.5, 0.6) is 0 Å². The Labute approximate surface area is 94.6 Å². The van der Waals surface area contributed by atoms with Crippen molar-refractivity contribution in [2.24, 2.45) is 0 Å². The summed E-state index contributed by atoms with van der Waals surface area (Å²) in [6.45, 7) is 3.37. The second-order valence-electron chi connectivity index (χ2n) is 4.31. The highest BCUT2D eigenvalue weighted by molar-refractivity contribution is 5.50. The first-order chi connectivity index (χ1) is 7.59. The van der Waals surface area contributed by atoms with Gasteiger partial charge >= 0.3 is 0 Å². The van der Waals surface area contributed by atoms with Gasteiger partial charge in [-0.2, -0.15) is 0 Å². The zero-order valence-electron chi connectivity index (χ0n) is 9.36. The molecular weight excluding hydrogens is 206 g/mol. The number of aromatic nitrogens is 1. The molecule has 0 aromatic carbocycles. The number of hydrogen-bond acceptors (Lipinski definition) is 5. The average Bonchev–Trinajstić information content (AvgIpc) is 2.68. The molecule has 1 unspecified atom stereocenters. The zero-order valence-corrected chi connectivity index (χ0v) is 9.36. The molecule has 1 fully saturated rings. The van der Waals surface area contributed by atoms with Gasteiger partial charge in [0, 0.05) is 19.6 Å². The number of rotatable bonds is 3. The number of hydrogen-bond donors (Lipinski definition) is 3. The molecule has 2 heterocycles. The molecule has 16 heavy (non-hydrogen) atoms. The van der Waals surface area contributed by atoms with E-state index in [-0.39, 0.29) is 0 Å². The Morgan fingerprint density at radius 2 is 2.50 bits per heavy atom. The fourth-order valence-electron chi connectivity index (χ4n) is 1.65. The molecule has 5 heteroatoms. The molecular formula is C11H17N3O2. The first kappa shape index (κ1) is 11.2. The number of ether oxygens (including phenoxy) is 1. The Morgan fingerprint density at radius 3 is 3.12 bits per heavy atom. The van der Waals surface area contributed by atoms with Crippen LogP contribution in [0.25, 0.3) is 0 Å². The monoisotopic (exact) mass is 223 g/mol. The maximum atomic E-state index is 10.0. The third-order valence-electron chi connectivity index (χ3n) is 2.83. The van der Waals surface area contributed by atoms with Crippen molar-refractivity contribution in [3.05, 3.63) is 17.8 Å². The third kappa shape index (κ3) is 2.43. The largest absolute Gasteiger partial charge is 0.397 e. The van der Waals surface area contributed by atoms with E-state index in [2.05, 4.69) is 10.3 Å². The molecule has 1 aliphatic heterocycles. The van der Waals surface area contributed by atoms with Crippen molar-refractivity contribution in [1.82, 2.24) is 4.98 Å². The minimum Gasteiger partial charge on any atom is -0.397 e. The van der Waals surface area contributed by atoms with Gasteiger partial charge in [-0.25, -0.2) is 4.98 Å². The maximum absolute atomic E-state index is 10.0. The Hall–Kier alpha value is -1.33. The molecule has 88 valence electrons. The SMILES string of the molecule is Cc1cc(NCC2(O)CCOC2)ncc1N. The van der Waals surface area contributed by atoms with Gasteiger partial charge in [-0.1, -0.05) is 0 Å². The van der Waals surface area contributed by atoms with Gasteiger partial charge in [0.2, 0.25) is 0 Å². The van der Waals surface area contributed by atoms with E-state index in [9.17, 15) is 5.11 Å². The molecule has 1 aliphatic rings. The lowest BCUT2D eigenvalue weighted by molar-refractivity contribution is 0.0381. The standard InChI is InChI=1S/C11H17N3O2/c1-8-4-10(13-5-9(8)12)14-6-11(15)2-3-16-7-11/h4-5,15H,2-3,6-7,12H2,1H3,(H,13,14). The molecule has 0 saturated carbocycles. The van der Waals surface area contributed by atoms with Crippen molar-refractivity contribution < 1.29 is 9.84 Å². The van der Waals surface area contributed by atoms with E-state index in [0.29, 0.717) is 31.9 Å². The Morgan fingerprint density at radius 1 is 1.69 bits per heavy atom. The van der Waals surface area contributed by atoms with Crippen molar-refractivity contribution in [1.29, 1.82) is 0 Å². The topological polar surface area (TPSA) is 80.4 Å². The molecule has 1 atom stereocenters. The van der Waals surface area contributed by atoms with E-state index in [1.165, 1.54) is 0 Å². The first-order valence-corrected chi connectivity index (χ1v) is 5.35. The summed E-state index contributed by atoms with van der Waals surface area (Å²) < 4.78 is 5.16. The smallest absolute Gasteiger partial charge is 0.126 e. The molecule has 0 spiro atoms. The second-order valence-corrected chi connectivity index (χ2v) is 4.31. The predicted molar refractivity (Wildman–Crippen MR) is 62.3 cm³/mol. The molecule has 5 nitrogen and oxygen atoms in total. The van der Waals surface area contributed by atoms with Crippen molar-refractivity contribution >= 4 is 11.5 Å². The van der Waals surface area contributed by atoms with Crippen LogP contribution in [0.3, 0.4) is 0 Å². The number of aliphatic hydroxyl groups is 1. The van der Waals surface area contributed by atoms with E-state index in [1.807, 2.05) is 13.0 Å². The maximum Gasteiger partial charge on any atom is 0.126 e. The number of nitrogen functional groups attached to an aromatic ring is 1. The molecule has 0 radical (unpaired) electrons. The fraction of sp³-hybridized carbons (Fsp3) is 0.545. The van der Waals surface area contributed by atoms with Gasteiger partial charge in [0.25, 0.3) is 0 Å². The Kier molecular flexibility index (Phi) is 2.98. The Bertz CT molecular complexity index is 375. The third-order valence-corrected chi connectivity index (χ3v) is 2.83. The number of nitrogens with one attached hydrogen (secondary N) is 1. The van der Waals surface area contributed by atoms with Crippen LogP contribution >= 0.6 is 0 Å². The summed E-state index contributed by atoms with van der Waals surface area (Å²) in [6, 6.07) is 1.87. The van der Waals surface area contributed by atoms with Gasteiger partial charge in [-0.15, -0.1) is 0 Å². The van der Waals surface area contributed by atoms with Crippen LogP contribution in [0.2, 0.25) is 0 Å². The lowest BCUT2D eigenvalue weighted by atomic mass is 10.0. The normalized spacial score (nSPS) is 24.6. The summed E-state index contributed by atoms with van der Waals surface area (Å²) in [5.74, 6) is 0.729. The van der Waals surface area contributed by atoms with Crippen LogP contribution in [0.15, 0.2) is 12.3 Å². The minimum absolute atomic E-state index is 0.383. The van der Waals surface area contributed by atoms with E-state index < -0.39 is 5.60 Å². The fourth-order valence-corrected chi connectivity index (χ4v) is 1.65. The summed E-state index contributed by atoms with van der Waals surface area (Å²) in [5, 5.41) is 13.1. The van der Waals surface area contributed by atoms with Gasteiger partial charge in [0.05, 0.1) is 18.5 Å². The summed E-state index contributed by atoms with van der Waals surface area (Å²) in [7, 11) is 0. The van der Waals surface area contributed by atoms with Gasteiger partial charge in [-0.05, 0) is 18.6 Å². The molecule has 2 rings (SSSR count). The molecule has 4 N–H and O–H groups in total. The lowest BCUT2D eigenvalue weighted by Crippen LogP contribution is -2.37. The van der Waals surface area contributed by atoms with Gasteiger partial charge < -0.3 is 20.9 Å². The average molecular weight is 223 g/mol. The molecule has 0 aliphatic carbocycles. The van der Waals surface area contributed by atoms with Crippen molar-refractivity contribution in [2.75, 3.05) is 30.8 Å². The van der Waals surface area contributed by atoms with Crippen LogP contribution in [0, 0.1) is 6.92 Å². The molecule has 1 aromatic heterocycles. The van der Waals surface area contributed by atoms with Gasteiger partial charge in [-0.3, -0.25) is 0 Å². The van der Waals surface area contributed by atoms with Crippen molar-refractivity contribution in [3.63, 3.8) is 0 Å². The number of pyridine rings is 1. The Balaban J connectivity index is 1.96. The van der Waals surface area contributed by atoms with Crippen LogP contribution in [-0.2, 0) is 4.74 Å². The number of nitrogens with two attached hydrogens (primary N) is 1. The summed E-state index contributed by atoms with van der Waals surface area (Å²) in [4.78, 5) is 4.14. The number of anilines is 2. The lowest BCUT2D eigenvalue weighted by Gasteiger charge is -2.21. The summed E-state index contributed by atoms with van der Waals surface area (Å²) in [6.07, 6.45) is 2.28. The first-order valence-electron chi connectivity index (χ1n) is 5.35. The van der Waals surface area contributed by atoms with Crippen LogP contribution in [-0.4, -0.2) is 35.5 Å². The van der Waals surface area contributed by atoms with E-state index in [1.54, 1.807) is 6.20 Å². The summed E-state index contributed by atoms with van der Waals surface area (Å²) in [5.41, 5.74) is 6.56. The summed E-state index contributed by atoms with van der Waals surface area (Å²) >= 11 is 0. The quantitative estimate of drug-likeness (QED) is 0.696. The molecule has 1 saturated heterocycles. The molecule has 0 bridgehead atoms. The number of aryl methyl sites for hydroxylation is 1. The van der Waals surface area contributed by atoms with E-state index in [0.717, 1.165) is 11.4 Å².